The average Bonchev–Trinajstić information content (AvgIpc) is 2.17. The molecule has 1 unspecified atom stereocenters. The van der Waals surface area contributed by atoms with Crippen molar-refractivity contribution in [3.8, 4) is 6.07 Å². The van der Waals surface area contributed by atoms with Gasteiger partial charge in [0.2, 0.25) is 0 Å². The molecule has 0 saturated carbocycles. The topological polar surface area (TPSA) is 40.9 Å². The molecule has 14 heavy (non-hydrogen) atoms. The van der Waals surface area contributed by atoms with Gasteiger partial charge in [-0.1, -0.05) is 28.1 Å². The Kier molecular flexibility index (Phi) is 3.73. The minimum atomic E-state index is -0.262. The van der Waals surface area contributed by atoms with E-state index in [1.807, 2.05) is 6.07 Å². The molecule has 4 heteroatoms. The van der Waals surface area contributed by atoms with E-state index in [0.29, 0.717) is 16.0 Å². The Hall–Kier alpha value is -0.790. The number of carbonyl (C=O) groups excluding carboxylic acids is 1. The molecule has 0 saturated heterocycles. The number of benzene rings is 1. The quantitative estimate of drug-likeness (QED) is 0.510. The average molecular weight is 270 g/mol. The number of Topliss-reactive ketones (excluding diaryl/α,β-unsaturated/α-hetero) is 1. The normalized spacial score (nSPS) is 11.9. The van der Waals surface area contributed by atoms with Crippen molar-refractivity contribution in [2.75, 3.05) is 0 Å². The lowest BCUT2D eigenvalue weighted by Gasteiger charge is -2.06. The van der Waals surface area contributed by atoms with Crippen LogP contribution in [-0.4, -0.2) is 10.6 Å². The highest BCUT2D eigenvalue weighted by atomic mass is 79.9. The Balaban J connectivity index is 3.24. The van der Waals surface area contributed by atoms with Gasteiger partial charge in [-0.3, -0.25) is 4.79 Å². The van der Waals surface area contributed by atoms with Crippen molar-refractivity contribution < 1.29 is 4.79 Å². The maximum atomic E-state index is 11.6. The van der Waals surface area contributed by atoms with Gasteiger partial charge in [0, 0.05) is 10.5 Å². The third kappa shape index (κ3) is 2.17. The highest BCUT2D eigenvalue weighted by Gasteiger charge is 2.16. The lowest BCUT2D eigenvalue weighted by Crippen LogP contribution is -2.11. The van der Waals surface area contributed by atoms with Gasteiger partial charge < -0.3 is 0 Å². The van der Waals surface area contributed by atoms with Gasteiger partial charge in [-0.25, -0.2) is 0 Å². The Morgan fingerprint density at radius 1 is 1.64 bits per heavy atom. The highest BCUT2D eigenvalue weighted by Crippen LogP contribution is 2.21. The van der Waals surface area contributed by atoms with Crippen LogP contribution in [0.3, 0.4) is 0 Å². The molecule has 0 N–H and O–H groups in total. The van der Waals surface area contributed by atoms with Crippen molar-refractivity contribution in [2.24, 2.45) is 0 Å². The first kappa shape index (κ1) is 11.3. The van der Waals surface area contributed by atoms with E-state index in [2.05, 4.69) is 28.6 Å². The van der Waals surface area contributed by atoms with E-state index in [4.69, 9.17) is 5.26 Å². The zero-order valence-electron chi connectivity index (χ0n) is 7.49. The Labute approximate surface area is 96.5 Å². The molecule has 0 aliphatic heterocycles. The second-order valence-electron chi connectivity index (χ2n) is 2.79. The smallest absolute Gasteiger partial charge is 0.177 e. The first-order valence-electron chi connectivity index (χ1n) is 3.98. The van der Waals surface area contributed by atoms with Crippen LogP contribution < -0.4 is 0 Å². The van der Waals surface area contributed by atoms with Gasteiger partial charge in [-0.05, 0) is 13.0 Å². The second-order valence-corrected chi connectivity index (χ2v) is 4.61. The summed E-state index contributed by atoms with van der Waals surface area (Å²) in [6.45, 7) is 1.74. The molecular formula is C10H8BrNOS. The molecule has 1 atom stereocenters. The predicted molar refractivity (Wildman–Crippen MR) is 61.1 cm³/mol. The molecule has 0 aromatic heterocycles. The molecule has 0 aliphatic carbocycles. The summed E-state index contributed by atoms with van der Waals surface area (Å²) in [4.78, 5) is 11.8. The number of carbonyl (C=O) groups is 1. The molecule has 1 rings (SSSR count). The number of nitrogens with zero attached hydrogens (tertiary/aromatic N) is 1. The molecule has 0 radical (unpaired) electrons. The molecule has 72 valence electrons. The zero-order chi connectivity index (χ0) is 10.7. The standard InChI is InChI=1S/C10H8BrNOS/c1-6(11)9(13)8-4-2-3-7(5-12)10(8)14/h2-4,6,14H,1H3. The number of hydrogen-bond donors (Lipinski definition) is 1. The van der Waals surface area contributed by atoms with E-state index < -0.39 is 0 Å². The summed E-state index contributed by atoms with van der Waals surface area (Å²) in [6.07, 6.45) is 0. The number of rotatable bonds is 2. The van der Waals surface area contributed by atoms with E-state index in [0.717, 1.165) is 0 Å². The van der Waals surface area contributed by atoms with Crippen molar-refractivity contribution in [3.63, 3.8) is 0 Å². The molecular weight excluding hydrogens is 262 g/mol. The number of ketones is 1. The molecule has 2 nitrogen and oxygen atoms in total. The summed E-state index contributed by atoms with van der Waals surface area (Å²) in [5.41, 5.74) is 0.907. The van der Waals surface area contributed by atoms with E-state index in [9.17, 15) is 4.79 Å². The van der Waals surface area contributed by atoms with E-state index in [1.54, 1.807) is 25.1 Å². The molecule has 1 aromatic rings. The summed E-state index contributed by atoms with van der Waals surface area (Å²) < 4.78 is 0. The van der Waals surface area contributed by atoms with E-state index in [-0.39, 0.29) is 10.6 Å². The summed E-state index contributed by atoms with van der Waals surface area (Å²) in [7, 11) is 0. The molecule has 0 spiro atoms. The molecule has 0 bridgehead atoms. The van der Waals surface area contributed by atoms with E-state index in [1.165, 1.54) is 0 Å². The van der Waals surface area contributed by atoms with Gasteiger partial charge in [-0.15, -0.1) is 12.6 Å². The third-order valence-electron chi connectivity index (χ3n) is 1.78. The Morgan fingerprint density at radius 3 is 2.79 bits per heavy atom. The van der Waals surface area contributed by atoms with Crippen molar-refractivity contribution in [2.45, 2.75) is 16.6 Å². The SMILES string of the molecule is CC(Br)C(=O)c1cccc(C#N)c1S. The minimum absolute atomic E-state index is 0.0629. The van der Waals surface area contributed by atoms with Crippen molar-refractivity contribution >= 4 is 34.3 Å². The predicted octanol–water partition coefficient (Wildman–Crippen LogP) is 2.81. The van der Waals surface area contributed by atoms with Crippen LogP contribution in [0.5, 0.6) is 0 Å². The van der Waals surface area contributed by atoms with Gasteiger partial charge >= 0.3 is 0 Å². The maximum Gasteiger partial charge on any atom is 0.177 e. The third-order valence-corrected chi connectivity index (χ3v) is 2.68. The highest BCUT2D eigenvalue weighted by molar-refractivity contribution is 9.10. The lowest BCUT2D eigenvalue weighted by molar-refractivity contribution is 0.0993. The summed E-state index contributed by atoms with van der Waals surface area (Å²) in [5.74, 6) is -0.0629. The number of thiol groups is 1. The molecule has 0 amide bonds. The van der Waals surface area contributed by atoms with Crippen LogP contribution in [0.25, 0.3) is 0 Å². The lowest BCUT2D eigenvalue weighted by atomic mass is 10.1. The monoisotopic (exact) mass is 269 g/mol. The zero-order valence-corrected chi connectivity index (χ0v) is 9.97. The summed E-state index contributed by atoms with van der Waals surface area (Å²) in [6, 6.07) is 6.97. The van der Waals surface area contributed by atoms with Crippen LogP contribution in [0, 0.1) is 11.3 Å². The molecule has 0 fully saturated rings. The van der Waals surface area contributed by atoms with Crippen molar-refractivity contribution in [3.05, 3.63) is 29.3 Å². The first-order valence-corrected chi connectivity index (χ1v) is 5.34. The fraction of sp³-hybridized carbons (Fsp3) is 0.200. The molecule has 0 heterocycles. The number of hydrogen-bond acceptors (Lipinski definition) is 3. The van der Waals surface area contributed by atoms with Crippen LogP contribution in [0.15, 0.2) is 23.1 Å². The van der Waals surface area contributed by atoms with Crippen LogP contribution in [-0.2, 0) is 0 Å². The van der Waals surface area contributed by atoms with Crippen LogP contribution >= 0.6 is 28.6 Å². The Morgan fingerprint density at radius 2 is 2.29 bits per heavy atom. The van der Waals surface area contributed by atoms with Gasteiger partial charge in [0.25, 0.3) is 0 Å². The van der Waals surface area contributed by atoms with Gasteiger partial charge in [-0.2, -0.15) is 5.26 Å². The van der Waals surface area contributed by atoms with Crippen LogP contribution in [0.1, 0.15) is 22.8 Å². The summed E-state index contributed by atoms with van der Waals surface area (Å²) in [5, 5.41) is 8.74. The minimum Gasteiger partial charge on any atom is -0.293 e. The summed E-state index contributed by atoms with van der Waals surface area (Å²) >= 11 is 7.35. The van der Waals surface area contributed by atoms with Crippen molar-refractivity contribution in [1.82, 2.24) is 0 Å². The number of nitriles is 1. The largest absolute Gasteiger partial charge is 0.293 e. The van der Waals surface area contributed by atoms with Gasteiger partial charge in [0.15, 0.2) is 5.78 Å². The van der Waals surface area contributed by atoms with Crippen molar-refractivity contribution in [1.29, 1.82) is 5.26 Å². The first-order chi connectivity index (χ1) is 6.57. The molecule has 0 aliphatic rings. The van der Waals surface area contributed by atoms with Gasteiger partial charge in [0.05, 0.1) is 10.4 Å². The second kappa shape index (κ2) is 4.63. The fourth-order valence-electron chi connectivity index (χ4n) is 1.05. The van der Waals surface area contributed by atoms with E-state index >= 15 is 0 Å². The maximum absolute atomic E-state index is 11.6. The van der Waals surface area contributed by atoms with Crippen LogP contribution in [0.2, 0.25) is 0 Å². The Bertz CT molecular complexity index is 409. The van der Waals surface area contributed by atoms with Gasteiger partial charge in [0.1, 0.15) is 6.07 Å². The fourth-order valence-corrected chi connectivity index (χ4v) is 1.60. The molecule has 1 aromatic carbocycles. The number of halogens is 1. The number of alkyl halides is 1. The van der Waals surface area contributed by atoms with Crippen LogP contribution in [0.4, 0.5) is 0 Å².